The lowest BCUT2D eigenvalue weighted by molar-refractivity contribution is -0.121. The molecule has 4 aliphatic heterocycles. The van der Waals surface area contributed by atoms with Gasteiger partial charge in [0, 0.05) is 59.9 Å². The highest BCUT2D eigenvalue weighted by Crippen LogP contribution is 2.34. The smallest absolute Gasteiger partial charge is 0.258 e. The molecule has 0 aliphatic carbocycles. The first-order valence-electron chi connectivity index (χ1n) is 15.2. The summed E-state index contributed by atoms with van der Waals surface area (Å²) in [5.74, 6) is 0.116. The van der Waals surface area contributed by atoms with E-state index in [4.69, 9.17) is 9.47 Å². The van der Waals surface area contributed by atoms with Crippen LogP contribution in [-0.2, 0) is 38.7 Å². The topological polar surface area (TPSA) is 99.7 Å². The van der Waals surface area contributed by atoms with Crippen molar-refractivity contribution in [1.82, 2.24) is 0 Å². The van der Waals surface area contributed by atoms with E-state index in [2.05, 4.69) is 58.3 Å². The Balaban J connectivity index is 0.907. The van der Waals surface area contributed by atoms with E-state index < -0.39 is 0 Å². The van der Waals surface area contributed by atoms with Crippen LogP contribution in [0.25, 0.3) is 0 Å². The van der Waals surface area contributed by atoms with E-state index in [0.717, 1.165) is 50.2 Å². The number of carbonyl (C=O) groups excluding carboxylic acids is 4. The molecule has 232 valence electrons. The number of carbonyl (C=O) groups is 4. The Bertz CT molecular complexity index is 1840. The molecule has 0 atom stereocenters. The molecule has 8 rings (SSSR count). The van der Waals surface area contributed by atoms with Crippen molar-refractivity contribution in [2.75, 3.05) is 33.1 Å². The van der Waals surface area contributed by atoms with E-state index in [1.807, 2.05) is 24.3 Å². The summed E-state index contributed by atoms with van der Waals surface area (Å²) in [7, 11) is 0. The molecule has 47 heavy (non-hydrogen) atoms. The van der Waals surface area contributed by atoms with Crippen LogP contribution in [0.15, 0.2) is 109 Å². The molecule has 4 aromatic carbocycles. The highest BCUT2D eigenvalue weighted by atomic mass is 16.5. The lowest BCUT2D eigenvalue weighted by Crippen LogP contribution is -2.33. The quantitative estimate of drug-likeness (QED) is 0.281. The van der Waals surface area contributed by atoms with Crippen molar-refractivity contribution in [3.63, 3.8) is 0 Å². The first-order valence-corrected chi connectivity index (χ1v) is 15.2. The second-order valence-corrected chi connectivity index (χ2v) is 11.7. The molecule has 0 saturated carbocycles. The molecule has 0 aromatic heterocycles. The number of anilines is 4. The monoisotopic (exact) mass is 624 g/mol. The summed E-state index contributed by atoms with van der Waals surface area (Å²) in [5.41, 5.74) is 7.25. The Morgan fingerprint density at radius 3 is 1.21 bits per heavy atom. The van der Waals surface area contributed by atoms with E-state index in [1.54, 1.807) is 12.1 Å². The Morgan fingerprint density at radius 1 is 0.468 bits per heavy atom. The minimum atomic E-state index is -0.344. The zero-order chi connectivity index (χ0) is 32.1. The number of ether oxygens (including phenoxy) is 2. The number of hydrogen-bond donors (Lipinski definition) is 0. The predicted molar refractivity (Wildman–Crippen MR) is 175 cm³/mol. The van der Waals surface area contributed by atoms with Gasteiger partial charge in [0.2, 0.25) is 0 Å². The molecule has 0 bridgehead atoms. The number of fused-ring (bicyclic) bond motifs is 2. The lowest BCUT2D eigenvalue weighted by Gasteiger charge is -2.31. The van der Waals surface area contributed by atoms with Gasteiger partial charge < -0.3 is 19.3 Å². The third-order valence-corrected chi connectivity index (χ3v) is 8.71. The van der Waals surface area contributed by atoms with Gasteiger partial charge in [-0.25, -0.2) is 9.80 Å². The van der Waals surface area contributed by atoms with Gasteiger partial charge in [-0.1, -0.05) is 24.3 Å². The SMILES string of the molecule is O=C1C=CC(=O)N1c1ccc2c(c1)CN(c1ccc(Cc3ccc(N4COc5ccc(N6C(=O)C=CC6=O)cc5C4)cc3)cc1)CO2. The summed E-state index contributed by atoms with van der Waals surface area (Å²) in [4.78, 5) is 55.1. The van der Waals surface area contributed by atoms with Crippen molar-refractivity contribution < 1.29 is 28.7 Å². The van der Waals surface area contributed by atoms with E-state index in [1.165, 1.54) is 35.4 Å². The molecule has 0 fully saturated rings. The van der Waals surface area contributed by atoms with Crippen LogP contribution < -0.4 is 29.1 Å². The number of rotatable bonds is 6. The number of hydrogen-bond acceptors (Lipinski definition) is 8. The molecule has 0 saturated heterocycles. The van der Waals surface area contributed by atoms with E-state index in [9.17, 15) is 19.2 Å². The average molecular weight is 625 g/mol. The van der Waals surface area contributed by atoms with E-state index in [0.29, 0.717) is 37.9 Å². The van der Waals surface area contributed by atoms with Crippen LogP contribution in [-0.4, -0.2) is 37.1 Å². The summed E-state index contributed by atoms with van der Waals surface area (Å²) in [5, 5.41) is 0. The standard InChI is InChI=1S/C37H28N4O6/c42-34-13-14-35(43)40(34)30-9-11-32-26(18-30)20-38(22-46-32)28-5-1-24(2-6-28)17-25-3-7-29(8-4-25)39-21-27-19-31(10-12-33(27)47-23-39)41-36(44)15-16-37(41)45/h1-16,18-19H,17,20-23H2. The van der Waals surface area contributed by atoms with Crippen LogP contribution in [0.1, 0.15) is 22.3 Å². The molecule has 4 amide bonds. The largest absolute Gasteiger partial charge is 0.473 e. The summed E-state index contributed by atoms with van der Waals surface area (Å²) in [6, 6.07) is 27.5. The first-order chi connectivity index (χ1) is 22.9. The van der Waals surface area contributed by atoms with Crippen molar-refractivity contribution in [2.24, 2.45) is 0 Å². The maximum Gasteiger partial charge on any atom is 0.258 e. The van der Waals surface area contributed by atoms with Crippen LogP contribution in [0.5, 0.6) is 11.5 Å². The number of nitrogens with zero attached hydrogens (tertiary/aromatic N) is 4. The van der Waals surface area contributed by atoms with Crippen LogP contribution in [0.2, 0.25) is 0 Å². The van der Waals surface area contributed by atoms with Gasteiger partial charge in [-0.05, 0) is 78.2 Å². The maximum absolute atomic E-state index is 12.1. The molecule has 4 heterocycles. The minimum absolute atomic E-state index is 0.344. The van der Waals surface area contributed by atoms with Gasteiger partial charge >= 0.3 is 0 Å². The fourth-order valence-electron chi connectivity index (χ4n) is 6.26. The van der Waals surface area contributed by atoms with Gasteiger partial charge in [-0.2, -0.15) is 0 Å². The average Bonchev–Trinajstić information content (AvgIpc) is 3.62. The van der Waals surface area contributed by atoms with Gasteiger partial charge in [-0.3, -0.25) is 19.2 Å². The van der Waals surface area contributed by atoms with Crippen molar-refractivity contribution in [1.29, 1.82) is 0 Å². The fraction of sp³-hybridized carbons (Fsp3) is 0.135. The van der Waals surface area contributed by atoms with E-state index in [-0.39, 0.29) is 23.6 Å². The summed E-state index contributed by atoms with van der Waals surface area (Å²) < 4.78 is 12.0. The Morgan fingerprint density at radius 2 is 0.830 bits per heavy atom. The Hall–Kier alpha value is -6.16. The predicted octanol–water partition coefficient (Wildman–Crippen LogP) is 4.85. The third kappa shape index (κ3) is 5.29. The molecule has 0 radical (unpaired) electrons. The molecule has 0 unspecified atom stereocenters. The second-order valence-electron chi connectivity index (χ2n) is 11.7. The maximum atomic E-state index is 12.1. The summed E-state index contributed by atoms with van der Waals surface area (Å²) >= 11 is 0. The first kappa shape index (κ1) is 28.3. The third-order valence-electron chi connectivity index (χ3n) is 8.71. The van der Waals surface area contributed by atoms with Crippen LogP contribution in [0.4, 0.5) is 22.7 Å². The van der Waals surface area contributed by atoms with Crippen molar-refractivity contribution in [2.45, 2.75) is 19.5 Å². The van der Waals surface area contributed by atoms with E-state index >= 15 is 0 Å². The number of benzene rings is 4. The zero-order valence-electron chi connectivity index (χ0n) is 25.2. The number of amides is 4. The van der Waals surface area contributed by atoms with Gasteiger partial charge in [0.15, 0.2) is 13.5 Å². The summed E-state index contributed by atoms with van der Waals surface area (Å²) in [6.07, 6.45) is 5.89. The molecule has 10 heteroatoms. The number of imide groups is 2. The Kier molecular flexibility index (Phi) is 6.83. The molecule has 4 aliphatic rings. The Labute approximate surface area is 270 Å². The normalized spacial score (nSPS) is 16.9. The van der Waals surface area contributed by atoms with Crippen LogP contribution in [0, 0.1) is 0 Å². The second kappa shape index (κ2) is 11.3. The highest BCUT2D eigenvalue weighted by molar-refractivity contribution is 6.28. The molecule has 4 aromatic rings. The lowest BCUT2D eigenvalue weighted by atomic mass is 10.0. The van der Waals surface area contributed by atoms with Gasteiger partial charge in [0.1, 0.15) is 11.5 Å². The van der Waals surface area contributed by atoms with Crippen molar-refractivity contribution >= 4 is 46.4 Å². The van der Waals surface area contributed by atoms with Gasteiger partial charge in [-0.15, -0.1) is 0 Å². The highest BCUT2D eigenvalue weighted by Gasteiger charge is 2.28. The van der Waals surface area contributed by atoms with Gasteiger partial charge in [0.25, 0.3) is 23.6 Å². The summed E-state index contributed by atoms with van der Waals surface area (Å²) in [6.45, 7) is 1.97. The zero-order valence-corrected chi connectivity index (χ0v) is 25.2. The van der Waals surface area contributed by atoms with Crippen LogP contribution >= 0.6 is 0 Å². The molecule has 0 N–H and O–H groups in total. The fourth-order valence-corrected chi connectivity index (χ4v) is 6.26. The minimum Gasteiger partial charge on any atom is -0.473 e. The van der Waals surface area contributed by atoms with Crippen molar-refractivity contribution in [3.05, 3.63) is 131 Å². The molecule has 10 nitrogen and oxygen atoms in total. The van der Waals surface area contributed by atoms with Gasteiger partial charge in [0.05, 0.1) is 11.4 Å². The molecular formula is C37H28N4O6. The van der Waals surface area contributed by atoms with Crippen LogP contribution in [0.3, 0.4) is 0 Å². The molecular weight excluding hydrogens is 596 g/mol. The molecule has 0 spiro atoms. The van der Waals surface area contributed by atoms with Crippen molar-refractivity contribution in [3.8, 4) is 11.5 Å².